The average Bonchev–Trinajstić information content (AvgIpc) is 3.35. The van der Waals surface area contributed by atoms with Gasteiger partial charge in [-0.3, -0.25) is 9.69 Å². The van der Waals surface area contributed by atoms with Crippen molar-refractivity contribution in [2.75, 3.05) is 26.2 Å². The summed E-state index contributed by atoms with van der Waals surface area (Å²) in [4.78, 5) is 15.1. The summed E-state index contributed by atoms with van der Waals surface area (Å²) in [5.41, 5.74) is 3.20. The number of rotatable bonds is 8. The Kier molecular flexibility index (Phi) is 7.25. The fourth-order valence-electron chi connectivity index (χ4n) is 4.24. The molecule has 0 radical (unpaired) electrons. The number of carbonyl (C=O) groups excluding carboxylic acids is 1. The summed E-state index contributed by atoms with van der Waals surface area (Å²) in [6, 6.07) is 14.7. The number of amides is 1. The van der Waals surface area contributed by atoms with Crippen molar-refractivity contribution in [3.8, 4) is 0 Å². The van der Waals surface area contributed by atoms with E-state index in [4.69, 9.17) is 4.74 Å². The first-order valence-electron chi connectivity index (χ1n) is 11.2. The molecule has 7 nitrogen and oxygen atoms in total. The standard InChI is InChI=1S/C24H31N3O4S/c1-18(27-13-12-19-5-2-3-6-21(19)17-27)15-25-24(28)20-8-10-23(11-9-20)32(29,30)26-16-22-7-4-14-31-22/h2-3,5-6,8-11,18,22,26H,4,7,12-17H2,1H3,(H,25,28). The molecule has 1 saturated heterocycles. The molecule has 4 rings (SSSR count). The zero-order valence-corrected chi connectivity index (χ0v) is 19.2. The number of nitrogens with one attached hydrogen (secondary N) is 2. The van der Waals surface area contributed by atoms with Crippen molar-refractivity contribution in [3.05, 3.63) is 65.2 Å². The molecule has 8 heteroatoms. The molecule has 2 N–H and O–H groups in total. The molecule has 0 saturated carbocycles. The van der Waals surface area contributed by atoms with Crippen molar-refractivity contribution in [1.29, 1.82) is 0 Å². The van der Waals surface area contributed by atoms with E-state index in [-0.39, 0.29) is 29.5 Å². The quantitative estimate of drug-likeness (QED) is 0.635. The van der Waals surface area contributed by atoms with Crippen LogP contribution in [-0.2, 0) is 27.7 Å². The van der Waals surface area contributed by atoms with Crippen LogP contribution in [0.15, 0.2) is 53.4 Å². The number of fused-ring (bicyclic) bond motifs is 1. The molecule has 2 unspecified atom stereocenters. The molecule has 32 heavy (non-hydrogen) atoms. The van der Waals surface area contributed by atoms with Gasteiger partial charge in [-0.25, -0.2) is 13.1 Å². The second-order valence-electron chi connectivity index (χ2n) is 8.56. The van der Waals surface area contributed by atoms with Crippen LogP contribution in [-0.4, -0.2) is 57.6 Å². The molecule has 2 heterocycles. The third kappa shape index (κ3) is 5.56. The van der Waals surface area contributed by atoms with Gasteiger partial charge in [-0.1, -0.05) is 24.3 Å². The first kappa shape index (κ1) is 22.9. The highest BCUT2D eigenvalue weighted by Crippen LogP contribution is 2.20. The monoisotopic (exact) mass is 457 g/mol. The molecule has 0 aromatic heterocycles. The first-order chi connectivity index (χ1) is 15.4. The van der Waals surface area contributed by atoms with E-state index in [1.807, 2.05) is 0 Å². The summed E-state index contributed by atoms with van der Waals surface area (Å²) in [5.74, 6) is -0.203. The lowest BCUT2D eigenvalue weighted by Crippen LogP contribution is -2.44. The lowest BCUT2D eigenvalue weighted by Gasteiger charge is -2.33. The summed E-state index contributed by atoms with van der Waals surface area (Å²) < 4.78 is 33.0. The van der Waals surface area contributed by atoms with Crippen molar-refractivity contribution in [3.63, 3.8) is 0 Å². The largest absolute Gasteiger partial charge is 0.377 e. The van der Waals surface area contributed by atoms with E-state index in [0.717, 1.165) is 32.4 Å². The van der Waals surface area contributed by atoms with Gasteiger partial charge < -0.3 is 10.1 Å². The summed E-state index contributed by atoms with van der Waals surface area (Å²) in [6.07, 6.45) is 2.78. The first-order valence-corrected chi connectivity index (χ1v) is 12.7. The Balaban J connectivity index is 1.28. The number of ether oxygens (including phenoxy) is 1. The fourth-order valence-corrected chi connectivity index (χ4v) is 5.31. The van der Waals surface area contributed by atoms with Crippen molar-refractivity contribution >= 4 is 15.9 Å². The van der Waals surface area contributed by atoms with Crippen LogP contribution in [0.3, 0.4) is 0 Å². The van der Waals surface area contributed by atoms with Crippen molar-refractivity contribution < 1.29 is 17.9 Å². The molecule has 1 amide bonds. The summed E-state index contributed by atoms with van der Waals surface area (Å²) in [5, 5.41) is 2.98. The molecule has 2 aromatic carbocycles. The molecular weight excluding hydrogens is 426 g/mol. The second kappa shape index (κ2) is 10.1. The van der Waals surface area contributed by atoms with Gasteiger partial charge >= 0.3 is 0 Å². The lowest BCUT2D eigenvalue weighted by molar-refractivity contribution is 0.0932. The van der Waals surface area contributed by atoms with E-state index in [1.165, 1.54) is 23.3 Å². The Morgan fingerprint density at radius 1 is 1.16 bits per heavy atom. The van der Waals surface area contributed by atoms with Crippen LogP contribution in [0, 0.1) is 0 Å². The maximum absolute atomic E-state index is 12.6. The third-order valence-corrected chi connectivity index (χ3v) is 7.73. The van der Waals surface area contributed by atoms with Crippen molar-refractivity contribution in [2.24, 2.45) is 0 Å². The minimum atomic E-state index is -3.62. The smallest absolute Gasteiger partial charge is 0.251 e. The molecule has 1 fully saturated rings. The van der Waals surface area contributed by atoms with Crippen LogP contribution in [0.2, 0.25) is 0 Å². The highest BCUT2D eigenvalue weighted by Gasteiger charge is 2.22. The van der Waals surface area contributed by atoms with Gasteiger partial charge in [0.2, 0.25) is 10.0 Å². The van der Waals surface area contributed by atoms with Crippen LogP contribution in [0.4, 0.5) is 0 Å². The van der Waals surface area contributed by atoms with Crippen LogP contribution in [0.1, 0.15) is 41.3 Å². The number of carbonyl (C=O) groups is 1. The van der Waals surface area contributed by atoms with Gasteiger partial charge in [0.05, 0.1) is 11.0 Å². The van der Waals surface area contributed by atoms with Crippen molar-refractivity contribution in [2.45, 2.75) is 49.8 Å². The van der Waals surface area contributed by atoms with Crippen LogP contribution in [0.5, 0.6) is 0 Å². The predicted octanol–water partition coefficient (Wildman–Crippen LogP) is 2.32. The highest BCUT2D eigenvalue weighted by molar-refractivity contribution is 7.89. The molecular formula is C24H31N3O4S. The Hall–Kier alpha value is -2.26. The van der Waals surface area contributed by atoms with Gasteiger partial charge in [-0.15, -0.1) is 0 Å². The third-order valence-electron chi connectivity index (χ3n) is 6.29. The number of sulfonamides is 1. The van der Waals surface area contributed by atoms with Gasteiger partial charge in [0.15, 0.2) is 0 Å². The minimum Gasteiger partial charge on any atom is -0.377 e. The molecule has 2 aromatic rings. The summed E-state index contributed by atoms with van der Waals surface area (Å²) >= 11 is 0. The van der Waals surface area contributed by atoms with Gasteiger partial charge in [-0.05, 0) is 61.6 Å². The molecule has 2 atom stereocenters. The van der Waals surface area contributed by atoms with E-state index in [0.29, 0.717) is 18.7 Å². The summed E-state index contributed by atoms with van der Waals surface area (Å²) in [7, 11) is -3.62. The number of nitrogens with zero attached hydrogens (tertiary/aromatic N) is 1. The second-order valence-corrected chi connectivity index (χ2v) is 10.3. The van der Waals surface area contributed by atoms with Gasteiger partial charge in [0.1, 0.15) is 0 Å². The number of benzene rings is 2. The minimum absolute atomic E-state index is 0.0646. The van der Waals surface area contributed by atoms with Gasteiger partial charge in [-0.2, -0.15) is 0 Å². The van der Waals surface area contributed by atoms with Gasteiger partial charge in [0.25, 0.3) is 5.91 Å². The maximum atomic E-state index is 12.6. The van der Waals surface area contributed by atoms with E-state index in [1.54, 1.807) is 12.1 Å². The molecule has 0 aliphatic carbocycles. The number of hydrogen-bond donors (Lipinski definition) is 2. The maximum Gasteiger partial charge on any atom is 0.251 e. The molecule has 0 bridgehead atoms. The molecule has 2 aliphatic rings. The predicted molar refractivity (Wildman–Crippen MR) is 123 cm³/mol. The Morgan fingerprint density at radius 3 is 2.62 bits per heavy atom. The molecule has 0 spiro atoms. The summed E-state index contributed by atoms with van der Waals surface area (Å²) in [6.45, 7) is 5.45. The Morgan fingerprint density at radius 2 is 1.91 bits per heavy atom. The zero-order chi connectivity index (χ0) is 22.6. The topological polar surface area (TPSA) is 87.7 Å². The zero-order valence-electron chi connectivity index (χ0n) is 18.4. The normalized spacial score (nSPS) is 20.0. The van der Waals surface area contributed by atoms with E-state index in [9.17, 15) is 13.2 Å². The lowest BCUT2D eigenvalue weighted by atomic mass is 9.99. The van der Waals surface area contributed by atoms with Crippen LogP contribution < -0.4 is 10.0 Å². The van der Waals surface area contributed by atoms with E-state index in [2.05, 4.69) is 46.1 Å². The fraction of sp³-hybridized carbons (Fsp3) is 0.458. The molecule has 2 aliphatic heterocycles. The average molecular weight is 458 g/mol. The van der Waals surface area contributed by atoms with E-state index < -0.39 is 10.0 Å². The Bertz CT molecular complexity index is 1030. The van der Waals surface area contributed by atoms with Gasteiger partial charge in [0, 0.05) is 44.4 Å². The SMILES string of the molecule is CC(CNC(=O)c1ccc(S(=O)(=O)NCC2CCCO2)cc1)N1CCc2ccccc2C1. The van der Waals surface area contributed by atoms with Crippen LogP contribution in [0.25, 0.3) is 0 Å². The van der Waals surface area contributed by atoms with Crippen molar-refractivity contribution in [1.82, 2.24) is 14.9 Å². The highest BCUT2D eigenvalue weighted by atomic mass is 32.2. The van der Waals surface area contributed by atoms with E-state index >= 15 is 0 Å². The number of hydrogen-bond acceptors (Lipinski definition) is 5. The van der Waals surface area contributed by atoms with Crippen LogP contribution >= 0.6 is 0 Å². The molecule has 172 valence electrons. The Labute approximate surface area is 190 Å².